The van der Waals surface area contributed by atoms with Gasteiger partial charge in [0.1, 0.15) is 10.1 Å². The van der Waals surface area contributed by atoms with Crippen LogP contribution in [0.15, 0.2) is 40.7 Å². The van der Waals surface area contributed by atoms with Crippen LogP contribution < -0.4 is 5.32 Å². The monoisotopic (exact) mass is 393 g/mol. The van der Waals surface area contributed by atoms with Gasteiger partial charge in [-0.1, -0.05) is 42.2 Å². The van der Waals surface area contributed by atoms with Crippen LogP contribution in [0, 0.1) is 5.82 Å². The summed E-state index contributed by atoms with van der Waals surface area (Å²) in [6.45, 7) is 0.163. The van der Waals surface area contributed by atoms with Gasteiger partial charge >= 0.3 is 0 Å². The van der Waals surface area contributed by atoms with Gasteiger partial charge in [-0.05, 0) is 12.1 Å². The van der Waals surface area contributed by atoms with Gasteiger partial charge in [0.05, 0.1) is 4.91 Å². The van der Waals surface area contributed by atoms with Gasteiger partial charge in [0.15, 0.2) is 5.13 Å². The minimum atomic E-state index is -0.407. The minimum absolute atomic E-state index is 0.0962. The van der Waals surface area contributed by atoms with Crippen molar-refractivity contribution in [2.75, 3.05) is 11.9 Å². The fraction of sp³-hybridized carbons (Fsp3) is 0.125. The van der Waals surface area contributed by atoms with Crippen molar-refractivity contribution in [2.45, 2.75) is 6.42 Å². The third-order valence-electron chi connectivity index (χ3n) is 3.31. The molecule has 2 aromatic rings. The standard InChI is InChI=1S/C16H12FN3O2S3/c17-11-4-2-1-3-10(11)9-12-14(22)20(16(23)25-12)7-5-13(21)19-15-18-6-8-24-15/h1-4,6,8-9H,5,7H2,(H,18,19,21)/b12-9+. The molecule has 3 rings (SSSR count). The third kappa shape index (κ3) is 4.30. The van der Waals surface area contributed by atoms with Crippen LogP contribution in [0.25, 0.3) is 6.08 Å². The molecule has 0 unspecified atom stereocenters. The molecule has 5 nitrogen and oxygen atoms in total. The number of aromatic nitrogens is 1. The first-order valence-corrected chi connectivity index (χ1v) is 9.34. The number of thiocarbonyl (C=S) groups is 1. The van der Waals surface area contributed by atoms with E-state index in [1.165, 1.54) is 28.4 Å². The van der Waals surface area contributed by atoms with Gasteiger partial charge in [0.2, 0.25) is 5.91 Å². The lowest BCUT2D eigenvalue weighted by Crippen LogP contribution is -2.31. The summed E-state index contributed by atoms with van der Waals surface area (Å²) in [6, 6.07) is 6.19. The zero-order valence-electron chi connectivity index (χ0n) is 12.8. The first-order valence-electron chi connectivity index (χ1n) is 7.24. The normalized spacial score (nSPS) is 15.9. The second-order valence-corrected chi connectivity index (χ2v) is 7.56. The first-order chi connectivity index (χ1) is 12.0. The molecule has 25 heavy (non-hydrogen) atoms. The summed E-state index contributed by atoms with van der Waals surface area (Å²) >= 11 is 7.62. The average Bonchev–Trinajstić information content (AvgIpc) is 3.17. The Morgan fingerprint density at radius 3 is 2.92 bits per heavy atom. The van der Waals surface area contributed by atoms with Gasteiger partial charge in [0.25, 0.3) is 5.91 Å². The summed E-state index contributed by atoms with van der Waals surface area (Å²) in [5.41, 5.74) is 0.324. The van der Waals surface area contributed by atoms with Crippen LogP contribution in [-0.4, -0.2) is 32.6 Å². The molecule has 0 atom stereocenters. The number of carbonyl (C=O) groups excluding carboxylic acids is 2. The summed E-state index contributed by atoms with van der Waals surface area (Å²) in [4.78, 5) is 30.0. The molecule has 1 aliphatic heterocycles. The third-order valence-corrected chi connectivity index (χ3v) is 5.37. The van der Waals surface area contributed by atoms with Crippen LogP contribution in [0.3, 0.4) is 0 Å². The number of rotatable bonds is 5. The van der Waals surface area contributed by atoms with Gasteiger partial charge in [-0.2, -0.15) is 0 Å². The highest BCUT2D eigenvalue weighted by Gasteiger charge is 2.32. The van der Waals surface area contributed by atoms with Crippen molar-refractivity contribution in [3.05, 3.63) is 52.1 Å². The van der Waals surface area contributed by atoms with Crippen LogP contribution in [0.4, 0.5) is 9.52 Å². The van der Waals surface area contributed by atoms with Crippen molar-refractivity contribution in [1.29, 1.82) is 0 Å². The molecule has 2 heterocycles. The van der Waals surface area contributed by atoms with Gasteiger partial charge in [-0.25, -0.2) is 9.37 Å². The number of carbonyl (C=O) groups is 2. The fourth-order valence-corrected chi connectivity index (χ4v) is 3.95. The number of nitrogens with zero attached hydrogens (tertiary/aromatic N) is 2. The summed E-state index contributed by atoms with van der Waals surface area (Å²) in [6.07, 6.45) is 3.17. The van der Waals surface area contributed by atoms with Crippen LogP contribution in [-0.2, 0) is 9.59 Å². The number of benzene rings is 1. The van der Waals surface area contributed by atoms with E-state index in [9.17, 15) is 14.0 Å². The predicted octanol–water partition coefficient (Wildman–Crippen LogP) is 3.51. The maximum Gasteiger partial charge on any atom is 0.266 e. The van der Waals surface area contributed by atoms with Crippen LogP contribution in [0.2, 0.25) is 0 Å². The molecule has 1 N–H and O–H groups in total. The molecule has 0 spiro atoms. The summed E-state index contributed by atoms with van der Waals surface area (Å²) in [5.74, 6) is -0.974. The van der Waals surface area contributed by atoms with Crippen molar-refractivity contribution in [2.24, 2.45) is 0 Å². The average molecular weight is 393 g/mol. The van der Waals surface area contributed by atoms with E-state index in [4.69, 9.17) is 12.2 Å². The Hall–Kier alpha value is -2.10. The van der Waals surface area contributed by atoms with E-state index in [0.29, 0.717) is 19.9 Å². The SMILES string of the molecule is O=C(CCN1C(=O)/C(=C\c2ccccc2F)SC1=S)Nc1nccs1. The number of hydrogen-bond acceptors (Lipinski definition) is 6. The van der Waals surface area contributed by atoms with Gasteiger partial charge in [0, 0.05) is 30.1 Å². The molecule has 128 valence electrons. The quantitative estimate of drug-likeness (QED) is 0.622. The smallest absolute Gasteiger partial charge is 0.266 e. The molecule has 1 aromatic heterocycles. The molecule has 0 saturated carbocycles. The topological polar surface area (TPSA) is 62.3 Å². The highest BCUT2D eigenvalue weighted by Crippen LogP contribution is 2.33. The zero-order valence-corrected chi connectivity index (χ0v) is 15.2. The Kier molecular flexibility index (Phi) is 5.57. The second kappa shape index (κ2) is 7.85. The zero-order chi connectivity index (χ0) is 17.8. The molecule has 0 bridgehead atoms. The van der Waals surface area contributed by atoms with Crippen molar-refractivity contribution >= 4 is 62.7 Å². The van der Waals surface area contributed by atoms with E-state index in [0.717, 1.165) is 11.8 Å². The number of thioether (sulfide) groups is 1. The Balaban J connectivity index is 1.63. The van der Waals surface area contributed by atoms with E-state index in [2.05, 4.69) is 10.3 Å². The predicted molar refractivity (Wildman–Crippen MR) is 102 cm³/mol. The molecule has 0 aliphatic carbocycles. The lowest BCUT2D eigenvalue weighted by molar-refractivity contribution is -0.122. The van der Waals surface area contributed by atoms with Crippen molar-refractivity contribution in [1.82, 2.24) is 9.88 Å². The van der Waals surface area contributed by atoms with Gasteiger partial charge in [-0.3, -0.25) is 14.5 Å². The number of hydrogen-bond donors (Lipinski definition) is 1. The molecular weight excluding hydrogens is 381 g/mol. The van der Waals surface area contributed by atoms with E-state index in [-0.39, 0.29) is 24.8 Å². The van der Waals surface area contributed by atoms with Crippen LogP contribution >= 0.6 is 35.3 Å². The summed E-state index contributed by atoms with van der Waals surface area (Å²) in [5, 5.41) is 4.91. The largest absolute Gasteiger partial charge is 0.302 e. The lowest BCUT2D eigenvalue weighted by atomic mass is 10.2. The van der Waals surface area contributed by atoms with E-state index < -0.39 is 5.82 Å². The Bertz CT molecular complexity index is 852. The number of halogens is 1. The van der Waals surface area contributed by atoms with Crippen LogP contribution in [0.1, 0.15) is 12.0 Å². The Morgan fingerprint density at radius 1 is 1.40 bits per heavy atom. The second-order valence-electron chi connectivity index (χ2n) is 4.99. The first kappa shape index (κ1) is 17.7. The number of nitrogens with one attached hydrogen (secondary N) is 1. The molecule has 1 fully saturated rings. The van der Waals surface area contributed by atoms with Gasteiger partial charge in [-0.15, -0.1) is 11.3 Å². The lowest BCUT2D eigenvalue weighted by Gasteiger charge is -2.13. The van der Waals surface area contributed by atoms with Crippen molar-refractivity contribution in [3.8, 4) is 0 Å². The maximum absolute atomic E-state index is 13.7. The molecule has 9 heteroatoms. The highest BCUT2D eigenvalue weighted by molar-refractivity contribution is 8.26. The molecule has 0 radical (unpaired) electrons. The summed E-state index contributed by atoms with van der Waals surface area (Å²) in [7, 11) is 0. The van der Waals surface area contributed by atoms with Gasteiger partial charge < -0.3 is 5.32 Å². The van der Waals surface area contributed by atoms with E-state index >= 15 is 0 Å². The molecule has 1 aromatic carbocycles. The fourth-order valence-electron chi connectivity index (χ4n) is 2.11. The number of thiazole rings is 1. The highest BCUT2D eigenvalue weighted by atomic mass is 32.2. The molecule has 2 amide bonds. The van der Waals surface area contributed by atoms with E-state index in [1.807, 2.05) is 0 Å². The van der Waals surface area contributed by atoms with Crippen LogP contribution in [0.5, 0.6) is 0 Å². The van der Waals surface area contributed by atoms with Crippen molar-refractivity contribution < 1.29 is 14.0 Å². The molecule has 1 saturated heterocycles. The Labute approximate surface area is 156 Å². The maximum atomic E-state index is 13.7. The number of anilines is 1. The Morgan fingerprint density at radius 2 is 2.20 bits per heavy atom. The molecular formula is C16H12FN3O2S3. The molecule has 1 aliphatic rings. The summed E-state index contributed by atoms with van der Waals surface area (Å²) < 4.78 is 14.1. The van der Waals surface area contributed by atoms with E-state index in [1.54, 1.807) is 29.8 Å². The number of amides is 2. The van der Waals surface area contributed by atoms with Crippen molar-refractivity contribution in [3.63, 3.8) is 0 Å². The minimum Gasteiger partial charge on any atom is -0.302 e.